The van der Waals surface area contributed by atoms with Gasteiger partial charge in [-0.3, -0.25) is 0 Å². The Labute approximate surface area is 186 Å². The number of benzene rings is 1. The molecule has 3 heterocycles. The molecule has 2 aromatic rings. The summed E-state index contributed by atoms with van der Waals surface area (Å²) in [7, 11) is 0. The third kappa shape index (κ3) is 3.50. The molecule has 1 aromatic carbocycles. The van der Waals surface area contributed by atoms with Gasteiger partial charge in [0, 0.05) is 25.7 Å². The van der Waals surface area contributed by atoms with E-state index in [0.29, 0.717) is 30.7 Å². The molecule has 3 aliphatic rings. The monoisotopic (exact) mass is 440 g/mol. The molecular weight excluding hydrogens is 412 g/mol. The lowest BCUT2D eigenvalue weighted by molar-refractivity contribution is 0.0192. The molecule has 2 aliphatic heterocycles. The molecule has 1 amide bonds. The minimum absolute atomic E-state index is 0.0462. The molecule has 1 unspecified atom stereocenters. The van der Waals surface area contributed by atoms with Gasteiger partial charge in [-0.25, -0.2) is 9.78 Å². The van der Waals surface area contributed by atoms with Gasteiger partial charge in [-0.15, -0.1) is 0 Å². The van der Waals surface area contributed by atoms with Crippen LogP contribution in [0.3, 0.4) is 0 Å². The number of piperazine rings is 1. The highest BCUT2D eigenvalue weighted by Gasteiger charge is 2.43. The molecule has 5 rings (SSSR count). The first-order valence-corrected chi connectivity index (χ1v) is 12.2. The Morgan fingerprint density at radius 2 is 2.06 bits per heavy atom. The third-order valence-electron chi connectivity index (χ3n) is 6.89. The standard InChI is InChI=1S/C23H28N4O3S/c1-15-14-26(22(28)29)12-13-27(15)19-17-9-11-23(30-20(17)25-21(24-19)31-2)10-5-7-16-6-3-4-8-18(16)23/h3-4,6,8,15H,5,7,9-14H2,1-2H3,(H,28,29)/t15-,23?/m0/s1. The molecule has 1 aliphatic carbocycles. The number of rotatable bonds is 2. The number of aryl methyl sites for hydroxylation is 1. The van der Waals surface area contributed by atoms with Gasteiger partial charge in [0.15, 0.2) is 5.16 Å². The van der Waals surface area contributed by atoms with E-state index >= 15 is 0 Å². The van der Waals surface area contributed by atoms with Crippen LogP contribution in [-0.2, 0) is 18.4 Å². The number of carbonyl (C=O) groups is 1. The zero-order valence-corrected chi connectivity index (χ0v) is 18.8. The van der Waals surface area contributed by atoms with Crippen molar-refractivity contribution in [2.75, 3.05) is 30.8 Å². The van der Waals surface area contributed by atoms with Gasteiger partial charge >= 0.3 is 6.09 Å². The van der Waals surface area contributed by atoms with E-state index < -0.39 is 6.09 Å². The topological polar surface area (TPSA) is 78.8 Å². The zero-order chi connectivity index (χ0) is 21.6. The van der Waals surface area contributed by atoms with Crippen LogP contribution in [-0.4, -0.2) is 58.0 Å². The second-order valence-electron chi connectivity index (χ2n) is 8.70. The van der Waals surface area contributed by atoms with Gasteiger partial charge in [0.2, 0.25) is 5.88 Å². The second-order valence-corrected chi connectivity index (χ2v) is 9.47. The minimum Gasteiger partial charge on any atom is -0.466 e. The maximum Gasteiger partial charge on any atom is 0.407 e. The van der Waals surface area contributed by atoms with Gasteiger partial charge in [0.25, 0.3) is 0 Å². The van der Waals surface area contributed by atoms with Crippen molar-refractivity contribution < 1.29 is 14.6 Å². The van der Waals surface area contributed by atoms with Crippen LogP contribution in [0.2, 0.25) is 0 Å². The molecule has 0 saturated carbocycles. The number of amides is 1. The summed E-state index contributed by atoms with van der Waals surface area (Å²) in [6, 6.07) is 8.69. The molecule has 1 N–H and O–H groups in total. The Bertz CT molecular complexity index is 1020. The molecule has 7 nitrogen and oxygen atoms in total. The Balaban J connectivity index is 1.52. The van der Waals surface area contributed by atoms with Crippen molar-refractivity contribution in [3.05, 3.63) is 41.0 Å². The number of ether oxygens (including phenoxy) is 1. The SMILES string of the molecule is CSc1nc2c(c(N3CCN(C(=O)O)C[C@@H]3C)n1)CCC1(CCCc3ccccc31)O2. The number of aromatic nitrogens is 2. The van der Waals surface area contributed by atoms with Crippen LogP contribution in [0.4, 0.5) is 10.6 Å². The van der Waals surface area contributed by atoms with Crippen LogP contribution in [0.15, 0.2) is 29.4 Å². The van der Waals surface area contributed by atoms with E-state index in [9.17, 15) is 9.90 Å². The quantitative estimate of drug-likeness (QED) is 0.560. The summed E-state index contributed by atoms with van der Waals surface area (Å²) in [5.74, 6) is 1.61. The first-order chi connectivity index (χ1) is 15.0. The molecule has 8 heteroatoms. The average molecular weight is 441 g/mol. The number of hydrogen-bond acceptors (Lipinski definition) is 6. The smallest absolute Gasteiger partial charge is 0.407 e. The number of nitrogens with zero attached hydrogens (tertiary/aromatic N) is 4. The predicted molar refractivity (Wildman–Crippen MR) is 120 cm³/mol. The van der Waals surface area contributed by atoms with E-state index in [4.69, 9.17) is 14.7 Å². The van der Waals surface area contributed by atoms with Crippen LogP contribution in [0, 0.1) is 0 Å². The third-order valence-corrected chi connectivity index (χ3v) is 7.43. The molecule has 164 valence electrons. The maximum atomic E-state index is 11.4. The number of thioether (sulfide) groups is 1. The fourth-order valence-electron chi connectivity index (χ4n) is 5.32. The van der Waals surface area contributed by atoms with Gasteiger partial charge in [-0.05, 0) is 56.4 Å². The first kappa shape index (κ1) is 20.4. The number of anilines is 1. The highest BCUT2D eigenvalue weighted by molar-refractivity contribution is 7.98. The summed E-state index contributed by atoms with van der Waals surface area (Å²) < 4.78 is 6.76. The average Bonchev–Trinajstić information content (AvgIpc) is 2.78. The minimum atomic E-state index is -0.859. The van der Waals surface area contributed by atoms with Crippen LogP contribution >= 0.6 is 11.8 Å². The normalized spacial score (nSPS) is 25.0. The Hall–Kier alpha value is -2.48. The fraction of sp³-hybridized carbons (Fsp3) is 0.522. The highest BCUT2D eigenvalue weighted by Crippen LogP contribution is 2.48. The summed E-state index contributed by atoms with van der Waals surface area (Å²) in [6.45, 7) is 3.63. The lowest BCUT2D eigenvalue weighted by Crippen LogP contribution is -2.54. The van der Waals surface area contributed by atoms with Gasteiger partial charge in [0.05, 0.1) is 5.56 Å². The van der Waals surface area contributed by atoms with Crippen molar-refractivity contribution in [1.29, 1.82) is 0 Å². The van der Waals surface area contributed by atoms with Crippen molar-refractivity contribution in [2.45, 2.75) is 55.8 Å². The molecule has 31 heavy (non-hydrogen) atoms. The first-order valence-electron chi connectivity index (χ1n) is 11.0. The van der Waals surface area contributed by atoms with Crippen LogP contribution in [0.1, 0.15) is 42.9 Å². The lowest BCUT2D eigenvalue weighted by Gasteiger charge is -2.44. The highest BCUT2D eigenvalue weighted by atomic mass is 32.2. The van der Waals surface area contributed by atoms with Crippen LogP contribution in [0.5, 0.6) is 5.88 Å². The summed E-state index contributed by atoms with van der Waals surface area (Å²) in [5, 5.41) is 10.1. The van der Waals surface area contributed by atoms with E-state index in [1.165, 1.54) is 27.8 Å². The van der Waals surface area contributed by atoms with Crippen LogP contribution < -0.4 is 9.64 Å². The Morgan fingerprint density at radius 1 is 1.23 bits per heavy atom. The Morgan fingerprint density at radius 3 is 2.84 bits per heavy atom. The van der Waals surface area contributed by atoms with Gasteiger partial charge in [0.1, 0.15) is 11.4 Å². The summed E-state index contributed by atoms with van der Waals surface area (Å²) in [5.41, 5.74) is 3.44. The van der Waals surface area contributed by atoms with E-state index in [0.717, 1.165) is 43.5 Å². The van der Waals surface area contributed by atoms with Gasteiger partial charge in [-0.2, -0.15) is 4.98 Å². The van der Waals surface area contributed by atoms with Crippen molar-refractivity contribution in [2.24, 2.45) is 0 Å². The van der Waals surface area contributed by atoms with Gasteiger partial charge in [-0.1, -0.05) is 36.0 Å². The number of hydrogen-bond donors (Lipinski definition) is 1. The molecular formula is C23H28N4O3S. The molecule has 1 aromatic heterocycles. The molecule has 1 spiro atoms. The summed E-state index contributed by atoms with van der Waals surface area (Å²) in [4.78, 5) is 24.8. The second kappa shape index (κ2) is 7.89. The van der Waals surface area contributed by atoms with Crippen molar-refractivity contribution >= 4 is 23.7 Å². The largest absolute Gasteiger partial charge is 0.466 e. The maximum absolute atomic E-state index is 11.4. The molecule has 0 radical (unpaired) electrons. The zero-order valence-electron chi connectivity index (χ0n) is 18.0. The predicted octanol–water partition coefficient (Wildman–Crippen LogP) is 3.94. The van der Waals surface area contributed by atoms with E-state index in [2.05, 4.69) is 36.1 Å². The molecule has 1 saturated heterocycles. The molecule has 2 atom stereocenters. The summed E-state index contributed by atoms with van der Waals surface area (Å²) >= 11 is 1.51. The van der Waals surface area contributed by atoms with E-state index in [1.54, 1.807) is 0 Å². The van der Waals surface area contributed by atoms with Gasteiger partial charge < -0.3 is 19.6 Å². The summed E-state index contributed by atoms with van der Waals surface area (Å²) in [6.07, 6.45) is 6.12. The lowest BCUT2D eigenvalue weighted by atomic mass is 9.75. The van der Waals surface area contributed by atoms with Crippen molar-refractivity contribution in [3.63, 3.8) is 0 Å². The van der Waals surface area contributed by atoms with E-state index in [1.807, 2.05) is 6.26 Å². The number of fused-ring (bicyclic) bond motifs is 3. The Kier molecular flexibility index (Phi) is 5.20. The van der Waals surface area contributed by atoms with Crippen molar-refractivity contribution in [3.8, 4) is 5.88 Å². The molecule has 0 bridgehead atoms. The van der Waals surface area contributed by atoms with E-state index in [-0.39, 0.29) is 11.6 Å². The number of carboxylic acid groups (broad SMARTS) is 1. The fourth-order valence-corrected chi connectivity index (χ4v) is 5.67. The molecule has 1 fully saturated rings. The van der Waals surface area contributed by atoms with Crippen LogP contribution in [0.25, 0.3) is 0 Å². The van der Waals surface area contributed by atoms with Crippen molar-refractivity contribution in [1.82, 2.24) is 14.9 Å².